The number of amides is 1. The van der Waals surface area contributed by atoms with Crippen molar-refractivity contribution in [3.05, 3.63) is 42.2 Å². The molecule has 0 saturated carbocycles. The van der Waals surface area contributed by atoms with Gasteiger partial charge in [0.25, 0.3) is 0 Å². The topological polar surface area (TPSA) is 49.3 Å². The first-order valence-electron chi connectivity index (χ1n) is 10.3. The molecular weight excluding hydrogens is 355 g/mol. The van der Waals surface area contributed by atoms with E-state index in [1.165, 1.54) is 12.1 Å². The number of carbonyl (C=O) groups excluding carboxylic acids is 1. The Labute approximate surface area is 166 Å². The monoisotopic (exact) mass is 384 g/mol. The van der Waals surface area contributed by atoms with E-state index < -0.39 is 0 Å². The van der Waals surface area contributed by atoms with Gasteiger partial charge in [-0.2, -0.15) is 0 Å². The molecule has 0 N–H and O–H groups in total. The first-order chi connectivity index (χ1) is 13.6. The van der Waals surface area contributed by atoms with Gasteiger partial charge in [-0.25, -0.2) is 4.39 Å². The zero-order valence-corrected chi connectivity index (χ0v) is 16.8. The SMILES string of the molecule is CCCCN(CC)C(=O)C1CCN(c2ccc(-c3cccc(F)c3)nn2)CC1. The van der Waals surface area contributed by atoms with Crippen LogP contribution in [0.25, 0.3) is 11.3 Å². The van der Waals surface area contributed by atoms with Gasteiger partial charge in [-0.1, -0.05) is 25.5 Å². The van der Waals surface area contributed by atoms with Gasteiger partial charge in [-0.05, 0) is 50.5 Å². The molecule has 0 radical (unpaired) electrons. The van der Waals surface area contributed by atoms with Crippen molar-refractivity contribution in [2.45, 2.75) is 39.5 Å². The molecule has 28 heavy (non-hydrogen) atoms. The van der Waals surface area contributed by atoms with Gasteiger partial charge in [0.15, 0.2) is 5.82 Å². The highest BCUT2D eigenvalue weighted by Gasteiger charge is 2.28. The fourth-order valence-corrected chi connectivity index (χ4v) is 3.68. The van der Waals surface area contributed by atoms with E-state index >= 15 is 0 Å². The van der Waals surface area contributed by atoms with Crippen molar-refractivity contribution < 1.29 is 9.18 Å². The number of aromatic nitrogens is 2. The summed E-state index contributed by atoms with van der Waals surface area (Å²) in [7, 11) is 0. The Bertz CT molecular complexity index is 772. The maximum atomic E-state index is 13.4. The zero-order chi connectivity index (χ0) is 19.9. The molecule has 0 spiro atoms. The second kappa shape index (κ2) is 9.62. The maximum Gasteiger partial charge on any atom is 0.225 e. The smallest absolute Gasteiger partial charge is 0.225 e. The molecule has 1 aliphatic rings. The van der Waals surface area contributed by atoms with Crippen LogP contribution in [-0.4, -0.2) is 47.2 Å². The van der Waals surface area contributed by atoms with E-state index in [0.29, 0.717) is 11.6 Å². The summed E-state index contributed by atoms with van der Waals surface area (Å²) >= 11 is 0. The molecule has 2 heterocycles. The van der Waals surface area contributed by atoms with Gasteiger partial charge in [0.1, 0.15) is 5.82 Å². The number of rotatable bonds is 7. The summed E-state index contributed by atoms with van der Waals surface area (Å²) < 4.78 is 13.4. The lowest BCUT2D eigenvalue weighted by Gasteiger charge is -2.34. The predicted octanol–water partition coefficient (Wildman–Crippen LogP) is 4.15. The Hall–Kier alpha value is -2.50. The van der Waals surface area contributed by atoms with Crippen LogP contribution in [-0.2, 0) is 4.79 Å². The molecule has 3 rings (SSSR count). The summed E-state index contributed by atoms with van der Waals surface area (Å²) in [6.07, 6.45) is 3.85. The Morgan fingerprint density at radius 2 is 1.96 bits per heavy atom. The van der Waals surface area contributed by atoms with Gasteiger partial charge in [-0.3, -0.25) is 4.79 Å². The number of piperidine rings is 1. The van der Waals surface area contributed by atoms with Gasteiger partial charge in [0, 0.05) is 37.7 Å². The van der Waals surface area contributed by atoms with Crippen LogP contribution >= 0.6 is 0 Å². The Morgan fingerprint density at radius 1 is 1.18 bits per heavy atom. The molecule has 2 aromatic rings. The van der Waals surface area contributed by atoms with E-state index in [2.05, 4.69) is 28.9 Å². The van der Waals surface area contributed by atoms with Crippen molar-refractivity contribution in [1.29, 1.82) is 0 Å². The normalized spacial score (nSPS) is 14.9. The number of hydrogen-bond donors (Lipinski definition) is 0. The summed E-state index contributed by atoms with van der Waals surface area (Å²) in [4.78, 5) is 16.9. The van der Waals surface area contributed by atoms with Crippen LogP contribution in [0.1, 0.15) is 39.5 Å². The van der Waals surface area contributed by atoms with Gasteiger partial charge >= 0.3 is 0 Å². The minimum Gasteiger partial charge on any atom is -0.355 e. The van der Waals surface area contributed by atoms with Gasteiger partial charge < -0.3 is 9.80 Å². The standard InChI is InChI=1S/C22H29FN4O/c1-3-5-13-26(4-2)22(28)17-11-14-27(15-12-17)21-10-9-20(24-25-21)18-7-6-8-19(23)16-18/h6-10,16-17H,3-5,11-15H2,1-2H3. The molecule has 150 valence electrons. The van der Waals surface area contributed by atoms with Crippen LogP contribution in [0, 0.1) is 11.7 Å². The van der Waals surface area contributed by atoms with Crippen molar-refractivity contribution in [1.82, 2.24) is 15.1 Å². The number of benzene rings is 1. The van der Waals surface area contributed by atoms with Gasteiger partial charge in [-0.15, -0.1) is 10.2 Å². The molecule has 1 amide bonds. The quantitative estimate of drug-likeness (QED) is 0.720. The lowest BCUT2D eigenvalue weighted by Crippen LogP contribution is -2.43. The van der Waals surface area contributed by atoms with Crippen LogP contribution in [0.3, 0.4) is 0 Å². The molecule has 5 nitrogen and oxygen atoms in total. The molecule has 1 aliphatic heterocycles. The molecule has 6 heteroatoms. The van der Waals surface area contributed by atoms with Gasteiger partial charge in [0.05, 0.1) is 5.69 Å². The zero-order valence-electron chi connectivity index (χ0n) is 16.8. The largest absolute Gasteiger partial charge is 0.355 e. The Morgan fingerprint density at radius 3 is 2.57 bits per heavy atom. The third kappa shape index (κ3) is 4.86. The number of unbranched alkanes of at least 4 members (excludes halogenated alkanes) is 1. The van der Waals surface area contributed by atoms with Crippen LogP contribution in [0.15, 0.2) is 36.4 Å². The highest BCUT2D eigenvalue weighted by molar-refractivity contribution is 5.79. The first-order valence-corrected chi connectivity index (χ1v) is 10.3. The third-order valence-electron chi connectivity index (χ3n) is 5.41. The average molecular weight is 384 g/mol. The van der Waals surface area contributed by atoms with Crippen LogP contribution in [0.4, 0.5) is 10.2 Å². The molecule has 1 aromatic carbocycles. The Balaban J connectivity index is 1.58. The summed E-state index contributed by atoms with van der Waals surface area (Å²) in [5, 5.41) is 8.59. The minimum absolute atomic E-state index is 0.104. The molecule has 0 bridgehead atoms. The fraction of sp³-hybridized carbons (Fsp3) is 0.500. The summed E-state index contributed by atoms with van der Waals surface area (Å²) in [6, 6.07) is 10.2. The van der Waals surface area contributed by atoms with Crippen LogP contribution in [0.5, 0.6) is 0 Å². The number of nitrogens with zero attached hydrogens (tertiary/aromatic N) is 4. The third-order valence-corrected chi connectivity index (χ3v) is 5.41. The number of carbonyl (C=O) groups is 1. The second-order valence-corrected chi connectivity index (χ2v) is 7.32. The lowest BCUT2D eigenvalue weighted by atomic mass is 9.95. The van der Waals surface area contributed by atoms with E-state index in [0.717, 1.165) is 63.2 Å². The Kier molecular flexibility index (Phi) is 6.95. The molecular formula is C22H29FN4O. The molecule has 1 saturated heterocycles. The average Bonchev–Trinajstić information content (AvgIpc) is 2.74. The van der Waals surface area contributed by atoms with Gasteiger partial charge in [0.2, 0.25) is 5.91 Å². The molecule has 0 unspecified atom stereocenters. The van der Waals surface area contributed by atoms with Crippen molar-refractivity contribution in [3.63, 3.8) is 0 Å². The van der Waals surface area contributed by atoms with Crippen molar-refractivity contribution >= 4 is 11.7 Å². The van der Waals surface area contributed by atoms with E-state index in [1.54, 1.807) is 6.07 Å². The van der Waals surface area contributed by atoms with E-state index in [9.17, 15) is 9.18 Å². The fourth-order valence-electron chi connectivity index (χ4n) is 3.68. The first kappa shape index (κ1) is 20.2. The summed E-state index contributed by atoms with van der Waals surface area (Å²) in [6.45, 7) is 7.45. The predicted molar refractivity (Wildman–Crippen MR) is 110 cm³/mol. The van der Waals surface area contributed by atoms with Crippen molar-refractivity contribution in [2.24, 2.45) is 5.92 Å². The summed E-state index contributed by atoms with van der Waals surface area (Å²) in [5.74, 6) is 0.926. The minimum atomic E-state index is -0.282. The van der Waals surface area contributed by atoms with Crippen LogP contribution < -0.4 is 4.90 Å². The van der Waals surface area contributed by atoms with Crippen molar-refractivity contribution in [2.75, 3.05) is 31.1 Å². The molecule has 1 aromatic heterocycles. The number of anilines is 1. The van der Waals surface area contributed by atoms with Crippen LogP contribution in [0.2, 0.25) is 0 Å². The number of halogens is 1. The summed E-state index contributed by atoms with van der Waals surface area (Å²) in [5.41, 5.74) is 1.37. The molecule has 0 atom stereocenters. The van der Waals surface area contributed by atoms with Crippen molar-refractivity contribution in [3.8, 4) is 11.3 Å². The number of hydrogen-bond acceptors (Lipinski definition) is 4. The van der Waals surface area contributed by atoms with E-state index in [-0.39, 0.29) is 11.7 Å². The molecule has 0 aliphatic carbocycles. The highest BCUT2D eigenvalue weighted by Crippen LogP contribution is 2.25. The lowest BCUT2D eigenvalue weighted by molar-refractivity contribution is -0.136. The second-order valence-electron chi connectivity index (χ2n) is 7.32. The maximum absolute atomic E-state index is 13.4. The van der Waals surface area contributed by atoms with E-state index in [1.807, 2.05) is 23.1 Å². The molecule has 1 fully saturated rings. The highest BCUT2D eigenvalue weighted by atomic mass is 19.1. The van der Waals surface area contributed by atoms with E-state index in [4.69, 9.17) is 0 Å².